The number of thioether (sulfide) groups is 1. The first-order chi connectivity index (χ1) is 5.29. The molecule has 0 saturated heterocycles. The van der Waals surface area contributed by atoms with Crippen molar-refractivity contribution in [2.45, 2.75) is 51.2 Å². The molecule has 0 nitrogen and oxygen atoms in total. The lowest BCUT2D eigenvalue weighted by molar-refractivity contribution is 0.515. The van der Waals surface area contributed by atoms with Gasteiger partial charge in [0.1, 0.15) is 0 Å². The van der Waals surface area contributed by atoms with Gasteiger partial charge in [0, 0.05) is 5.25 Å². The molecule has 0 aromatic carbocycles. The van der Waals surface area contributed by atoms with Crippen LogP contribution < -0.4 is 0 Å². The smallest absolute Gasteiger partial charge is 0.00471 e. The Labute approximate surface area is 75.1 Å². The molecule has 1 fully saturated rings. The quantitative estimate of drug-likeness (QED) is 0.625. The Morgan fingerprint density at radius 2 is 1.82 bits per heavy atom. The third-order valence-electron chi connectivity index (χ3n) is 2.22. The van der Waals surface area contributed by atoms with E-state index < -0.39 is 0 Å². The predicted molar refractivity (Wildman–Crippen MR) is 54.2 cm³/mol. The van der Waals surface area contributed by atoms with Crippen LogP contribution >= 0.6 is 11.8 Å². The second kappa shape index (κ2) is 5.08. The summed E-state index contributed by atoms with van der Waals surface area (Å²) in [4.78, 5) is 0. The molecular formula is C10H20S. The maximum atomic E-state index is 2.32. The Kier molecular flexibility index (Phi) is 4.36. The van der Waals surface area contributed by atoms with E-state index in [0.29, 0.717) is 0 Å². The van der Waals surface area contributed by atoms with Gasteiger partial charge in [0.05, 0.1) is 0 Å². The van der Waals surface area contributed by atoms with Crippen LogP contribution in [0.15, 0.2) is 0 Å². The summed E-state index contributed by atoms with van der Waals surface area (Å²) >= 11 is 2.21. The van der Waals surface area contributed by atoms with Crippen LogP contribution in [-0.4, -0.2) is 11.0 Å². The molecule has 0 heterocycles. The lowest BCUT2D eigenvalue weighted by atomic mass is 10.0. The van der Waals surface area contributed by atoms with Crippen molar-refractivity contribution in [1.82, 2.24) is 0 Å². The first-order valence-corrected chi connectivity index (χ1v) is 5.95. The van der Waals surface area contributed by atoms with Crippen LogP contribution in [0.2, 0.25) is 0 Å². The Balaban J connectivity index is 2.05. The van der Waals surface area contributed by atoms with E-state index in [-0.39, 0.29) is 0 Å². The van der Waals surface area contributed by atoms with Crippen LogP contribution in [0, 0.1) is 5.92 Å². The van der Waals surface area contributed by atoms with Gasteiger partial charge in [-0.2, -0.15) is 11.8 Å². The summed E-state index contributed by atoms with van der Waals surface area (Å²) in [6.45, 7) is 4.63. The van der Waals surface area contributed by atoms with E-state index in [1.165, 1.54) is 37.9 Å². The Hall–Kier alpha value is 0.350. The summed E-state index contributed by atoms with van der Waals surface area (Å²) < 4.78 is 0. The highest BCUT2D eigenvalue weighted by Gasteiger charge is 2.13. The summed E-state index contributed by atoms with van der Waals surface area (Å²) in [5, 5.41) is 1.01. The van der Waals surface area contributed by atoms with Crippen molar-refractivity contribution >= 4 is 11.8 Å². The second-order valence-corrected chi connectivity index (χ2v) is 5.32. The van der Waals surface area contributed by atoms with Gasteiger partial charge in [-0.15, -0.1) is 0 Å². The molecule has 1 aliphatic rings. The van der Waals surface area contributed by atoms with Gasteiger partial charge in [-0.05, 0) is 24.5 Å². The van der Waals surface area contributed by atoms with Crippen molar-refractivity contribution in [2.24, 2.45) is 5.92 Å². The van der Waals surface area contributed by atoms with E-state index in [1.807, 2.05) is 0 Å². The lowest BCUT2D eigenvalue weighted by Gasteiger charge is -2.21. The zero-order valence-corrected chi connectivity index (χ0v) is 8.62. The van der Waals surface area contributed by atoms with Gasteiger partial charge in [-0.1, -0.05) is 33.1 Å². The van der Waals surface area contributed by atoms with E-state index in [2.05, 4.69) is 25.6 Å². The SMILES string of the molecule is CC(C)CSC1CCCCC1. The number of hydrogen-bond donors (Lipinski definition) is 0. The molecule has 0 aromatic rings. The fourth-order valence-electron chi connectivity index (χ4n) is 1.56. The molecule has 1 aliphatic carbocycles. The van der Waals surface area contributed by atoms with Crippen molar-refractivity contribution in [3.63, 3.8) is 0 Å². The van der Waals surface area contributed by atoms with Gasteiger partial charge in [0.15, 0.2) is 0 Å². The normalized spacial score (nSPS) is 21.0. The fraction of sp³-hybridized carbons (Fsp3) is 1.00. The molecule has 1 saturated carbocycles. The van der Waals surface area contributed by atoms with Crippen molar-refractivity contribution in [3.05, 3.63) is 0 Å². The largest absolute Gasteiger partial charge is 0.158 e. The predicted octanol–water partition coefficient (Wildman–Crippen LogP) is 3.71. The number of rotatable bonds is 3. The molecule has 0 aromatic heterocycles. The Morgan fingerprint density at radius 3 is 2.36 bits per heavy atom. The van der Waals surface area contributed by atoms with E-state index >= 15 is 0 Å². The maximum absolute atomic E-state index is 2.32. The van der Waals surface area contributed by atoms with Crippen LogP contribution in [0.5, 0.6) is 0 Å². The Bertz CT molecular complexity index is 93.0. The zero-order chi connectivity index (χ0) is 8.10. The van der Waals surface area contributed by atoms with Crippen LogP contribution in [0.3, 0.4) is 0 Å². The van der Waals surface area contributed by atoms with Crippen LogP contribution in [-0.2, 0) is 0 Å². The number of hydrogen-bond acceptors (Lipinski definition) is 1. The van der Waals surface area contributed by atoms with Gasteiger partial charge in [0.2, 0.25) is 0 Å². The summed E-state index contributed by atoms with van der Waals surface area (Å²) in [7, 11) is 0. The highest BCUT2D eigenvalue weighted by Crippen LogP contribution is 2.29. The molecule has 11 heavy (non-hydrogen) atoms. The summed E-state index contributed by atoms with van der Waals surface area (Å²) in [5.41, 5.74) is 0. The Morgan fingerprint density at radius 1 is 1.18 bits per heavy atom. The molecule has 0 aliphatic heterocycles. The molecule has 66 valence electrons. The molecule has 1 rings (SSSR count). The molecular weight excluding hydrogens is 152 g/mol. The highest BCUT2D eigenvalue weighted by atomic mass is 32.2. The van der Waals surface area contributed by atoms with Crippen LogP contribution in [0.25, 0.3) is 0 Å². The van der Waals surface area contributed by atoms with Crippen molar-refractivity contribution in [3.8, 4) is 0 Å². The van der Waals surface area contributed by atoms with Crippen molar-refractivity contribution in [2.75, 3.05) is 5.75 Å². The van der Waals surface area contributed by atoms with Gasteiger partial charge in [0.25, 0.3) is 0 Å². The third kappa shape index (κ3) is 4.05. The van der Waals surface area contributed by atoms with E-state index in [4.69, 9.17) is 0 Å². The van der Waals surface area contributed by atoms with E-state index in [9.17, 15) is 0 Å². The highest BCUT2D eigenvalue weighted by molar-refractivity contribution is 7.99. The standard InChI is InChI=1S/C10H20S/c1-9(2)8-11-10-6-4-3-5-7-10/h9-10H,3-8H2,1-2H3. The molecule has 0 spiro atoms. The van der Waals surface area contributed by atoms with Gasteiger partial charge in [-0.25, -0.2) is 0 Å². The van der Waals surface area contributed by atoms with Gasteiger partial charge >= 0.3 is 0 Å². The molecule has 1 heteroatoms. The fourth-order valence-corrected chi connectivity index (χ4v) is 2.88. The first kappa shape index (κ1) is 9.44. The van der Waals surface area contributed by atoms with Crippen molar-refractivity contribution in [1.29, 1.82) is 0 Å². The average molecular weight is 172 g/mol. The minimum absolute atomic E-state index is 0.877. The van der Waals surface area contributed by atoms with Crippen LogP contribution in [0.4, 0.5) is 0 Å². The summed E-state index contributed by atoms with van der Waals surface area (Å²) in [5.74, 6) is 2.24. The topological polar surface area (TPSA) is 0 Å². The minimum atomic E-state index is 0.877. The summed E-state index contributed by atoms with van der Waals surface area (Å²) in [6.07, 6.45) is 7.42. The summed E-state index contributed by atoms with van der Waals surface area (Å²) in [6, 6.07) is 0. The van der Waals surface area contributed by atoms with E-state index in [0.717, 1.165) is 11.2 Å². The first-order valence-electron chi connectivity index (χ1n) is 4.90. The second-order valence-electron chi connectivity index (χ2n) is 3.99. The molecule has 0 bridgehead atoms. The van der Waals surface area contributed by atoms with Gasteiger partial charge < -0.3 is 0 Å². The third-order valence-corrected chi connectivity index (χ3v) is 4.02. The molecule has 0 N–H and O–H groups in total. The molecule has 0 unspecified atom stereocenters. The maximum Gasteiger partial charge on any atom is 0.00471 e. The van der Waals surface area contributed by atoms with E-state index in [1.54, 1.807) is 0 Å². The van der Waals surface area contributed by atoms with Crippen LogP contribution in [0.1, 0.15) is 46.0 Å². The molecule has 0 atom stereocenters. The van der Waals surface area contributed by atoms with Gasteiger partial charge in [-0.3, -0.25) is 0 Å². The van der Waals surface area contributed by atoms with Crippen molar-refractivity contribution < 1.29 is 0 Å². The molecule has 0 radical (unpaired) electrons. The zero-order valence-electron chi connectivity index (χ0n) is 7.81. The average Bonchev–Trinajstić information content (AvgIpc) is 2.03. The minimum Gasteiger partial charge on any atom is -0.158 e. The monoisotopic (exact) mass is 172 g/mol. The lowest BCUT2D eigenvalue weighted by Crippen LogP contribution is -2.09. The molecule has 0 amide bonds.